The van der Waals surface area contributed by atoms with Crippen LogP contribution >= 0.6 is 21.6 Å². The van der Waals surface area contributed by atoms with Crippen molar-refractivity contribution in [1.82, 2.24) is 21.3 Å². The first-order valence-corrected chi connectivity index (χ1v) is 13.9. The monoisotopic (exact) mass is 582 g/mol. The quantitative estimate of drug-likeness (QED) is 0.103. The summed E-state index contributed by atoms with van der Waals surface area (Å²) >= 11 is 0. The van der Waals surface area contributed by atoms with Crippen LogP contribution in [0.1, 0.15) is 41.5 Å². The SMILES string of the molecule is COC(=O)CNC(=O)[C@H](CSSC[C@H](NC(=O)OC(C)(C)C)C(=O)NCC(=O)OC)NC(=O)OC(C)(C)C. The minimum Gasteiger partial charge on any atom is -0.468 e. The lowest BCUT2D eigenvalue weighted by atomic mass is 10.2. The number of rotatable bonds is 13. The van der Waals surface area contributed by atoms with E-state index in [2.05, 4.69) is 30.7 Å². The lowest BCUT2D eigenvalue weighted by Crippen LogP contribution is -2.51. The zero-order valence-corrected chi connectivity index (χ0v) is 24.5. The van der Waals surface area contributed by atoms with E-state index >= 15 is 0 Å². The number of hydrogen-bond acceptors (Lipinski definition) is 12. The van der Waals surface area contributed by atoms with Crippen molar-refractivity contribution in [3.63, 3.8) is 0 Å². The summed E-state index contributed by atoms with van der Waals surface area (Å²) in [4.78, 5) is 72.3. The minimum absolute atomic E-state index is 0.0137. The molecule has 0 aromatic heterocycles. The Morgan fingerprint density at radius 1 is 0.632 bits per heavy atom. The summed E-state index contributed by atoms with van der Waals surface area (Å²) in [6.45, 7) is 9.15. The third-order valence-electron chi connectivity index (χ3n) is 3.84. The molecule has 0 aromatic carbocycles. The molecule has 0 aliphatic carbocycles. The summed E-state index contributed by atoms with van der Waals surface area (Å²) in [7, 11) is 4.55. The standard InChI is InChI=1S/C22H38N4O10S2/c1-21(2,3)35-19(31)25-13(17(29)23-9-15(27)33-7)11-37-38-12-14(18(30)24-10-16(28)34-8)26-20(32)36-22(4,5)6/h13-14H,9-12H2,1-8H3,(H,23,29)(H,24,30)(H,25,31)(H,26,32)/t13-,14-/m0/s1. The second kappa shape index (κ2) is 16.9. The number of methoxy groups -OCH3 is 2. The number of amides is 4. The van der Waals surface area contributed by atoms with E-state index in [9.17, 15) is 28.8 Å². The molecule has 38 heavy (non-hydrogen) atoms. The molecule has 218 valence electrons. The zero-order chi connectivity index (χ0) is 29.5. The Labute approximate surface area is 230 Å². The van der Waals surface area contributed by atoms with Crippen LogP contribution in [-0.4, -0.2) is 98.0 Å². The normalized spacial score (nSPS) is 12.7. The number of ether oxygens (including phenoxy) is 4. The Bertz CT molecular complexity index is 775. The second-order valence-corrected chi connectivity index (χ2v) is 12.1. The van der Waals surface area contributed by atoms with Gasteiger partial charge in [-0.15, -0.1) is 0 Å². The average Bonchev–Trinajstić information content (AvgIpc) is 2.78. The number of hydrogen-bond donors (Lipinski definition) is 4. The highest BCUT2D eigenvalue weighted by atomic mass is 33.1. The molecule has 0 radical (unpaired) electrons. The number of carbonyl (C=O) groups excluding carboxylic acids is 6. The van der Waals surface area contributed by atoms with Gasteiger partial charge in [0.15, 0.2) is 0 Å². The van der Waals surface area contributed by atoms with Gasteiger partial charge in [-0.3, -0.25) is 19.2 Å². The van der Waals surface area contributed by atoms with Crippen LogP contribution in [0.4, 0.5) is 9.59 Å². The smallest absolute Gasteiger partial charge is 0.408 e. The second-order valence-electron chi connectivity index (χ2n) is 9.55. The van der Waals surface area contributed by atoms with Gasteiger partial charge in [0.25, 0.3) is 0 Å². The molecule has 0 aliphatic heterocycles. The molecular formula is C22H38N4O10S2. The van der Waals surface area contributed by atoms with E-state index in [1.807, 2.05) is 0 Å². The van der Waals surface area contributed by atoms with Gasteiger partial charge in [0, 0.05) is 11.5 Å². The van der Waals surface area contributed by atoms with Crippen LogP contribution in [0, 0.1) is 0 Å². The van der Waals surface area contributed by atoms with Gasteiger partial charge in [-0.25, -0.2) is 9.59 Å². The molecule has 14 nitrogen and oxygen atoms in total. The molecule has 0 saturated carbocycles. The summed E-state index contributed by atoms with van der Waals surface area (Å²) in [6.07, 6.45) is -1.68. The summed E-state index contributed by atoms with van der Waals surface area (Å²) < 4.78 is 19.4. The predicted octanol–water partition coefficient (Wildman–Crippen LogP) is 0.733. The third-order valence-corrected chi connectivity index (χ3v) is 6.26. The summed E-state index contributed by atoms with van der Waals surface area (Å²) in [6, 6.07) is -2.20. The topological polar surface area (TPSA) is 187 Å². The fourth-order valence-electron chi connectivity index (χ4n) is 2.21. The van der Waals surface area contributed by atoms with E-state index in [1.165, 1.54) is 14.2 Å². The number of nitrogens with one attached hydrogen (secondary N) is 4. The lowest BCUT2D eigenvalue weighted by Gasteiger charge is -2.24. The van der Waals surface area contributed by atoms with Crippen LogP contribution in [0.2, 0.25) is 0 Å². The van der Waals surface area contributed by atoms with Gasteiger partial charge in [0.2, 0.25) is 11.8 Å². The van der Waals surface area contributed by atoms with E-state index in [1.54, 1.807) is 41.5 Å². The largest absolute Gasteiger partial charge is 0.468 e. The first-order valence-electron chi connectivity index (χ1n) is 11.4. The number of esters is 2. The molecule has 0 rings (SSSR count). The molecule has 2 atom stereocenters. The van der Waals surface area contributed by atoms with Crippen LogP contribution in [0.3, 0.4) is 0 Å². The van der Waals surface area contributed by atoms with Gasteiger partial charge in [0.05, 0.1) is 14.2 Å². The molecule has 0 unspecified atom stereocenters. The van der Waals surface area contributed by atoms with E-state index in [0.29, 0.717) is 0 Å². The van der Waals surface area contributed by atoms with Crippen LogP contribution in [0.25, 0.3) is 0 Å². The van der Waals surface area contributed by atoms with Crippen molar-refractivity contribution in [2.24, 2.45) is 0 Å². The van der Waals surface area contributed by atoms with Crippen molar-refractivity contribution in [3.8, 4) is 0 Å². The highest BCUT2D eigenvalue weighted by Gasteiger charge is 2.27. The van der Waals surface area contributed by atoms with Gasteiger partial charge in [-0.1, -0.05) is 21.6 Å². The Hall–Kier alpha value is -2.88. The Kier molecular flexibility index (Phi) is 15.6. The van der Waals surface area contributed by atoms with Gasteiger partial charge in [-0.2, -0.15) is 0 Å². The molecule has 4 N–H and O–H groups in total. The molecule has 0 fully saturated rings. The van der Waals surface area contributed by atoms with Crippen molar-refractivity contribution in [3.05, 3.63) is 0 Å². The molecule has 16 heteroatoms. The van der Waals surface area contributed by atoms with Crippen LogP contribution in [-0.2, 0) is 38.1 Å². The summed E-state index contributed by atoms with van der Waals surface area (Å²) in [5, 5.41) is 9.61. The van der Waals surface area contributed by atoms with Crippen molar-refractivity contribution in [1.29, 1.82) is 0 Å². The van der Waals surface area contributed by atoms with Gasteiger partial charge in [-0.05, 0) is 41.5 Å². The molecular weight excluding hydrogens is 544 g/mol. The fourth-order valence-corrected chi connectivity index (χ4v) is 4.53. The predicted molar refractivity (Wildman–Crippen MR) is 141 cm³/mol. The van der Waals surface area contributed by atoms with Crippen molar-refractivity contribution in [2.45, 2.75) is 64.8 Å². The van der Waals surface area contributed by atoms with E-state index in [4.69, 9.17) is 9.47 Å². The Morgan fingerprint density at radius 2 is 0.947 bits per heavy atom. The highest BCUT2D eigenvalue weighted by Crippen LogP contribution is 2.23. The average molecular weight is 583 g/mol. The zero-order valence-electron chi connectivity index (χ0n) is 22.9. The van der Waals surface area contributed by atoms with Crippen molar-refractivity contribution in [2.75, 3.05) is 38.8 Å². The van der Waals surface area contributed by atoms with Gasteiger partial charge >= 0.3 is 24.1 Å². The maximum atomic E-state index is 12.6. The highest BCUT2D eigenvalue weighted by molar-refractivity contribution is 8.76. The lowest BCUT2D eigenvalue weighted by molar-refractivity contribution is -0.141. The maximum Gasteiger partial charge on any atom is 0.408 e. The third kappa shape index (κ3) is 17.6. The summed E-state index contributed by atoms with van der Waals surface area (Å²) in [5.74, 6) is -2.64. The van der Waals surface area contributed by atoms with Crippen LogP contribution in [0.15, 0.2) is 0 Å². The molecule has 4 amide bonds. The van der Waals surface area contributed by atoms with Crippen molar-refractivity contribution < 1.29 is 47.7 Å². The molecule has 0 saturated heterocycles. The fraction of sp³-hybridized carbons (Fsp3) is 0.727. The van der Waals surface area contributed by atoms with E-state index < -0.39 is 72.3 Å². The maximum absolute atomic E-state index is 12.6. The van der Waals surface area contributed by atoms with Gasteiger partial charge < -0.3 is 40.2 Å². The Balaban J connectivity index is 5.25. The molecule has 0 aliphatic rings. The number of alkyl carbamates (subject to hydrolysis) is 2. The van der Waals surface area contributed by atoms with Crippen molar-refractivity contribution >= 4 is 57.5 Å². The van der Waals surface area contributed by atoms with Crippen LogP contribution < -0.4 is 21.3 Å². The molecule has 0 heterocycles. The first kappa shape index (κ1) is 35.1. The Morgan fingerprint density at radius 3 is 1.21 bits per heavy atom. The van der Waals surface area contributed by atoms with Crippen LogP contribution in [0.5, 0.6) is 0 Å². The minimum atomic E-state index is -1.10. The van der Waals surface area contributed by atoms with E-state index in [0.717, 1.165) is 21.6 Å². The van der Waals surface area contributed by atoms with Gasteiger partial charge in [0.1, 0.15) is 36.4 Å². The van der Waals surface area contributed by atoms with E-state index in [-0.39, 0.29) is 11.5 Å². The molecule has 0 aromatic rings. The first-order chi connectivity index (χ1) is 17.5. The molecule has 0 bridgehead atoms. The number of carbonyl (C=O) groups is 6. The molecule has 0 spiro atoms. The summed E-state index contributed by atoms with van der Waals surface area (Å²) in [5.41, 5.74) is -1.62.